The number of amides is 1. The lowest BCUT2D eigenvalue weighted by atomic mass is 10.1. The Balaban J connectivity index is 1.88. The zero-order chi connectivity index (χ0) is 17.0. The molecule has 1 atom stereocenters. The number of rotatable bonds is 5. The Morgan fingerprint density at radius 2 is 2.09 bits per heavy atom. The van der Waals surface area contributed by atoms with E-state index in [1.54, 1.807) is 6.07 Å². The fourth-order valence-electron chi connectivity index (χ4n) is 2.45. The average Bonchev–Trinajstić information content (AvgIpc) is 2.49. The fourth-order valence-corrected chi connectivity index (χ4v) is 3.85. The summed E-state index contributed by atoms with van der Waals surface area (Å²) in [4.78, 5) is 12.1. The van der Waals surface area contributed by atoms with E-state index in [4.69, 9.17) is 4.74 Å². The molecule has 6 nitrogen and oxygen atoms in total. The van der Waals surface area contributed by atoms with Gasteiger partial charge in [0.2, 0.25) is 10.0 Å². The third-order valence-corrected chi connectivity index (χ3v) is 5.85. The van der Waals surface area contributed by atoms with Crippen LogP contribution in [0.5, 0.6) is 0 Å². The molecule has 0 spiro atoms. The van der Waals surface area contributed by atoms with E-state index in [2.05, 4.69) is 5.32 Å². The highest BCUT2D eigenvalue weighted by atomic mass is 32.2. The largest absolute Gasteiger partial charge is 0.376 e. The third kappa shape index (κ3) is 4.76. The van der Waals surface area contributed by atoms with Crippen molar-refractivity contribution >= 4 is 15.9 Å². The molecule has 1 heterocycles. The van der Waals surface area contributed by atoms with Crippen LogP contribution in [0.15, 0.2) is 18.2 Å². The summed E-state index contributed by atoms with van der Waals surface area (Å²) in [5.41, 5.74) is 2.70. The fraction of sp³-hybridized carbons (Fsp3) is 0.562. The van der Waals surface area contributed by atoms with Crippen molar-refractivity contribution in [1.29, 1.82) is 0 Å². The molecule has 1 fully saturated rings. The van der Waals surface area contributed by atoms with E-state index in [0.717, 1.165) is 11.1 Å². The zero-order valence-electron chi connectivity index (χ0n) is 13.8. The van der Waals surface area contributed by atoms with Crippen molar-refractivity contribution in [1.82, 2.24) is 9.62 Å². The minimum absolute atomic E-state index is 0.0938. The van der Waals surface area contributed by atoms with Crippen LogP contribution in [0.3, 0.4) is 0 Å². The van der Waals surface area contributed by atoms with E-state index in [1.807, 2.05) is 32.9 Å². The van der Waals surface area contributed by atoms with Crippen molar-refractivity contribution in [3.8, 4) is 0 Å². The van der Waals surface area contributed by atoms with E-state index in [0.29, 0.717) is 25.3 Å². The van der Waals surface area contributed by atoms with Gasteiger partial charge in [0.15, 0.2) is 0 Å². The van der Waals surface area contributed by atoms with Gasteiger partial charge in [-0.25, -0.2) is 8.42 Å². The van der Waals surface area contributed by atoms with Crippen LogP contribution in [0.2, 0.25) is 0 Å². The van der Waals surface area contributed by atoms with Gasteiger partial charge in [-0.2, -0.15) is 4.31 Å². The van der Waals surface area contributed by atoms with Crippen LogP contribution in [-0.2, 0) is 14.8 Å². The van der Waals surface area contributed by atoms with E-state index in [-0.39, 0.29) is 24.3 Å². The first kappa shape index (κ1) is 17.9. The second-order valence-electron chi connectivity index (χ2n) is 5.91. The van der Waals surface area contributed by atoms with E-state index in [1.165, 1.54) is 4.31 Å². The molecule has 1 amide bonds. The molecule has 0 aliphatic carbocycles. The Morgan fingerprint density at radius 1 is 1.35 bits per heavy atom. The number of carbonyl (C=O) groups excluding carboxylic acids is 1. The molecule has 0 bridgehead atoms. The molecule has 1 N–H and O–H groups in total. The number of sulfonamides is 1. The molecule has 1 unspecified atom stereocenters. The zero-order valence-corrected chi connectivity index (χ0v) is 14.6. The SMILES string of the molecule is Cc1ccc(C(=O)NCCS(=O)(=O)N2CCOC(C)C2)cc1C. The van der Waals surface area contributed by atoms with Crippen molar-refractivity contribution in [2.75, 3.05) is 32.0 Å². The summed E-state index contributed by atoms with van der Waals surface area (Å²) in [5, 5.41) is 2.68. The summed E-state index contributed by atoms with van der Waals surface area (Å²) in [6.45, 7) is 7.02. The first-order chi connectivity index (χ1) is 10.8. The Kier molecular flexibility index (Phi) is 5.78. The monoisotopic (exact) mass is 340 g/mol. The summed E-state index contributed by atoms with van der Waals surface area (Å²) in [6, 6.07) is 5.44. The van der Waals surface area contributed by atoms with Gasteiger partial charge < -0.3 is 10.1 Å². The van der Waals surface area contributed by atoms with Gasteiger partial charge in [0.1, 0.15) is 0 Å². The van der Waals surface area contributed by atoms with Gasteiger partial charge in [0.25, 0.3) is 5.91 Å². The molecular weight excluding hydrogens is 316 g/mol. The number of hydrogen-bond donors (Lipinski definition) is 1. The molecule has 2 rings (SSSR count). The number of hydrogen-bond acceptors (Lipinski definition) is 4. The second-order valence-corrected chi connectivity index (χ2v) is 8.00. The number of carbonyl (C=O) groups is 1. The molecule has 0 aromatic heterocycles. The first-order valence-electron chi connectivity index (χ1n) is 7.74. The summed E-state index contributed by atoms with van der Waals surface area (Å²) < 4.78 is 31.3. The lowest BCUT2D eigenvalue weighted by Crippen LogP contribution is -2.46. The molecule has 1 aliphatic heterocycles. The predicted octanol–water partition coefficient (Wildman–Crippen LogP) is 1.08. The van der Waals surface area contributed by atoms with Gasteiger partial charge in [0, 0.05) is 25.2 Å². The maximum absolute atomic E-state index is 12.3. The number of nitrogens with one attached hydrogen (secondary N) is 1. The van der Waals surface area contributed by atoms with Crippen LogP contribution in [-0.4, -0.2) is 56.7 Å². The Morgan fingerprint density at radius 3 is 2.74 bits per heavy atom. The maximum Gasteiger partial charge on any atom is 0.251 e. The molecule has 7 heteroatoms. The van der Waals surface area contributed by atoms with Crippen molar-refractivity contribution in [2.24, 2.45) is 0 Å². The van der Waals surface area contributed by atoms with Gasteiger partial charge in [-0.1, -0.05) is 6.07 Å². The van der Waals surface area contributed by atoms with Crippen LogP contribution in [0.4, 0.5) is 0 Å². The van der Waals surface area contributed by atoms with Crippen LogP contribution < -0.4 is 5.32 Å². The van der Waals surface area contributed by atoms with Crippen molar-refractivity contribution in [3.05, 3.63) is 34.9 Å². The molecule has 1 aromatic carbocycles. The van der Waals surface area contributed by atoms with E-state index >= 15 is 0 Å². The summed E-state index contributed by atoms with van der Waals surface area (Å²) in [6.07, 6.45) is -0.0938. The number of morpholine rings is 1. The van der Waals surface area contributed by atoms with Crippen molar-refractivity contribution in [3.63, 3.8) is 0 Å². The molecule has 0 saturated carbocycles. The maximum atomic E-state index is 12.3. The van der Waals surface area contributed by atoms with Crippen molar-refractivity contribution < 1.29 is 17.9 Å². The normalized spacial score (nSPS) is 19.5. The minimum Gasteiger partial charge on any atom is -0.376 e. The van der Waals surface area contributed by atoms with Crippen molar-refractivity contribution in [2.45, 2.75) is 26.9 Å². The molecule has 1 saturated heterocycles. The van der Waals surface area contributed by atoms with Gasteiger partial charge in [-0.3, -0.25) is 4.79 Å². The van der Waals surface area contributed by atoms with Crippen LogP contribution in [0, 0.1) is 13.8 Å². The lowest BCUT2D eigenvalue weighted by molar-refractivity contribution is 0.0102. The van der Waals surface area contributed by atoms with Gasteiger partial charge in [-0.05, 0) is 44.0 Å². The van der Waals surface area contributed by atoms with Gasteiger partial charge in [-0.15, -0.1) is 0 Å². The second kappa shape index (κ2) is 7.42. The van der Waals surface area contributed by atoms with E-state index < -0.39 is 10.0 Å². The topological polar surface area (TPSA) is 75.7 Å². The lowest BCUT2D eigenvalue weighted by Gasteiger charge is -2.30. The summed E-state index contributed by atoms with van der Waals surface area (Å²) in [5.74, 6) is -0.352. The van der Waals surface area contributed by atoms with Crippen LogP contribution in [0.1, 0.15) is 28.4 Å². The highest BCUT2D eigenvalue weighted by Gasteiger charge is 2.27. The number of ether oxygens (including phenoxy) is 1. The number of aryl methyl sites for hydroxylation is 2. The predicted molar refractivity (Wildman–Crippen MR) is 89.0 cm³/mol. The van der Waals surface area contributed by atoms with Gasteiger partial charge >= 0.3 is 0 Å². The quantitative estimate of drug-likeness (QED) is 0.870. The van der Waals surface area contributed by atoms with Gasteiger partial charge in [0.05, 0.1) is 18.5 Å². The molecule has 128 valence electrons. The molecule has 1 aliphatic rings. The Labute approximate surface area is 137 Å². The molecule has 0 radical (unpaired) electrons. The number of nitrogens with zero attached hydrogens (tertiary/aromatic N) is 1. The molecule has 23 heavy (non-hydrogen) atoms. The molecular formula is C16H24N2O4S. The summed E-state index contributed by atoms with van der Waals surface area (Å²) >= 11 is 0. The minimum atomic E-state index is -3.37. The van der Waals surface area contributed by atoms with Crippen LogP contribution in [0.25, 0.3) is 0 Å². The summed E-state index contributed by atoms with van der Waals surface area (Å²) in [7, 11) is -3.37. The Bertz CT molecular complexity index is 673. The highest BCUT2D eigenvalue weighted by molar-refractivity contribution is 7.89. The smallest absolute Gasteiger partial charge is 0.251 e. The highest BCUT2D eigenvalue weighted by Crippen LogP contribution is 2.11. The van der Waals surface area contributed by atoms with E-state index in [9.17, 15) is 13.2 Å². The van der Waals surface area contributed by atoms with Crippen LogP contribution >= 0.6 is 0 Å². The number of benzene rings is 1. The third-order valence-electron chi connectivity index (χ3n) is 4.01. The first-order valence-corrected chi connectivity index (χ1v) is 9.35. The molecule has 1 aromatic rings. The Hall–Kier alpha value is -1.44. The standard InChI is InChI=1S/C16H24N2O4S/c1-12-4-5-15(10-13(12)2)16(19)17-6-9-23(20,21)18-7-8-22-14(3)11-18/h4-5,10,14H,6-9,11H2,1-3H3,(H,17,19). The average molecular weight is 340 g/mol.